The number of nitrogens with zero attached hydrogens (tertiary/aromatic N) is 2. The van der Waals surface area contributed by atoms with Crippen LogP contribution in [0.3, 0.4) is 0 Å². The van der Waals surface area contributed by atoms with Crippen LogP contribution in [0.15, 0.2) is 66.7 Å². The van der Waals surface area contributed by atoms with Gasteiger partial charge in [-0.15, -0.1) is 0 Å². The number of anilines is 1. The van der Waals surface area contributed by atoms with Gasteiger partial charge in [0, 0.05) is 31.9 Å². The van der Waals surface area contributed by atoms with Crippen molar-refractivity contribution >= 4 is 11.6 Å². The molecular formula is C24H24F3N3O2. The topological polar surface area (TPSA) is 54.5 Å². The molecule has 1 amide bonds. The molecule has 0 aliphatic heterocycles. The number of carbonyl (C=O) groups is 1. The van der Waals surface area contributed by atoms with E-state index in [9.17, 15) is 18.0 Å². The lowest BCUT2D eigenvalue weighted by Crippen LogP contribution is -2.26. The fourth-order valence-corrected chi connectivity index (χ4v) is 3.01. The van der Waals surface area contributed by atoms with Crippen LogP contribution in [0.2, 0.25) is 0 Å². The van der Waals surface area contributed by atoms with Crippen LogP contribution < -0.4 is 15.0 Å². The van der Waals surface area contributed by atoms with Crippen LogP contribution in [-0.2, 0) is 12.7 Å². The molecule has 3 aromatic rings. The average molecular weight is 443 g/mol. The monoisotopic (exact) mass is 443 g/mol. The van der Waals surface area contributed by atoms with Crippen molar-refractivity contribution in [1.82, 2.24) is 10.3 Å². The standard InChI is InChI=1S/C24H24F3N3O2/c1-3-12-28-23(31)21-14-19(30(2)16-17-8-5-4-6-9-17)15-22(29-21)32-20-11-7-10-18(13-20)24(25,26)27/h4-11,13-15H,3,12,16H2,1-2H3,(H,28,31). The molecule has 2 aromatic carbocycles. The zero-order valence-electron chi connectivity index (χ0n) is 17.8. The van der Waals surface area contributed by atoms with Crippen molar-refractivity contribution < 1.29 is 22.7 Å². The second-order valence-electron chi connectivity index (χ2n) is 7.27. The Balaban J connectivity index is 1.92. The third-order valence-corrected chi connectivity index (χ3v) is 4.64. The summed E-state index contributed by atoms with van der Waals surface area (Å²) in [4.78, 5) is 18.7. The number of aromatic nitrogens is 1. The first-order valence-corrected chi connectivity index (χ1v) is 10.2. The van der Waals surface area contributed by atoms with E-state index in [0.29, 0.717) is 18.8 Å². The van der Waals surface area contributed by atoms with Crippen LogP contribution >= 0.6 is 0 Å². The molecule has 0 spiro atoms. The van der Waals surface area contributed by atoms with Gasteiger partial charge in [0.2, 0.25) is 5.88 Å². The van der Waals surface area contributed by atoms with Crippen LogP contribution in [0, 0.1) is 0 Å². The summed E-state index contributed by atoms with van der Waals surface area (Å²) >= 11 is 0. The Morgan fingerprint density at radius 1 is 1.06 bits per heavy atom. The minimum absolute atomic E-state index is 0.0184. The van der Waals surface area contributed by atoms with Crippen LogP contribution in [0.25, 0.3) is 0 Å². The van der Waals surface area contributed by atoms with Crippen molar-refractivity contribution in [2.75, 3.05) is 18.5 Å². The molecule has 0 radical (unpaired) electrons. The minimum atomic E-state index is -4.49. The molecule has 3 rings (SSSR count). The van der Waals surface area contributed by atoms with Crippen molar-refractivity contribution in [3.63, 3.8) is 0 Å². The van der Waals surface area contributed by atoms with Gasteiger partial charge in [0.25, 0.3) is 5.91 Å². The number of ether oxygens (including phenoxy) is 1. The van der Waals surface area contributed by atoms with Gasteiger partial charge in [-0.25, -0.2) is 4.98 Å². The van der Waals surface area contributed by atoms with E-state index in [4.69, 9.17) is 4.74 Å². The molecule has 1 N–H and O–H groups in total. The largest absolute Gasteiger partial charge is 0.439 e. The molecule has 0 atom stereocenters. The van der Waals surface area contributed by atoms with Crippen LogP contribution in [-0.4, -0.2) is 24.5 Å². The van der Waals surface area contributed by atoms with Gasteiger partial charge >= 0.3 is 6.18 Å². The molecule has 0 aliphatic rings. The second kappa shape index (κ2) is 10.2. The van der Waals surface area contributed by atoms with Crippen molar-refractivity contribution in [1.29, 1.82) is 0 Å². The Hall–Kier alpha value is -3.55. The Morgan fingerprint density at radius 3 is 2.50 bits per heavy atom. The first-order chi connectivity index (χ1) is 15.3. The summed E-state index contributed by atoms with van der Waals surface area (Å²) in [6, 6.07) is 17.5. The Labute approximate surface area is 184 Å². The van der Waals surface area contributed by atoms with E-state index in [-0.39, 0.29) is 23.2 Å². The molecule has 0 aliphatic carbocycles. The lowest BCUT2D eigenvalue weighted by molar-refractivity contribution is -0.137. The van der Waals surface area contributed by atoms with Crippen molar-refractivity contribution in [2.45, 2.75) is 26.1 Å². The van der Waals surface area contributed by atoms with Gasteiger partial charge < -0.3 is 15.0 Å². The summed E-state index contributed by atoms with van der Waals surface area (Å²) in [5.41, 5.74) is 1.00. The number of benzene rings is 2. The maximum atomic E-state index is 13.0. The summed E-state index contributed by atoms with van der Waals surface area (Å²) < 4.78 is 44.8. The van der Waals surface area contributed by atoms with Crippen LogP contribution in [0.5, 0.6) is 11.6 Å². The van der Waals surface area contributed by atoms with Gasteiger partial charge in [-0.3, -0.25) is 4.79 Å². The highest BCUT2D eigenvalue weighted by molar-refractivity contribution is 5.93. The van der Waals surface area contributed by atoms with E-state index in [1.165, 1.54) is 12.1 Å². The Morgan fingerprint density at radius 2 is 1.81 bits per heavy atom. The lowest BCUT2D eigenvalue weighted by Gasteiger charge is -2.21. The molecule has 32 heavy (non-hydrogen) atoms. The molecule has 0 unspecified atom stereocenters. The van der Waals surface area contributed by atoms with E-state index in [0.717, 1.165) is 24.1 Å². The molecule has 0 saturated heterocycles. The lowest BCUT2D eigenvalue weighted by atomic mass is 10.2. The minimum Gasteiger partial charge on any atom is -0.439 e. The van der Waals surface area contributed by atoms with E-state index in [1.54, 1.807) is 12.1 Å². The van der Waals surface area contributed by atoms with Gasteiger partial charge in [-0.2, -0.15) is 13.2 Å². The second-order valence-corrected chi connectivity index (χ2v) is 7.27. The predicted molar refractivity (Wildman–Crippen MR) is 117 cm³/mol. The summed E-state index contributed by atoms with van der Waals surface area (Å²) in [6.45, 7) is 2.97. The normalized spacial score (nSPS) is 11.2. The number of rotatable bonds is 8. The van der Waals surface area contributed by atoms with Gasteiger partial charge in [-0.1, -0.05) is 43.3 Å². The predicted octanol–water partition coefficient (Wildman–Crippen LogP) is 5.67. The Bertz CT molecular complexity index is 1060. The SMILES string of the molecule is CCCNC(=O)c1cc(N(C)Cc2ccccc2)cc(Oc2cccc(C(F)(F)F)c2)n1. The molecule has 1 aromatic heterocycles. The molecule has 0 bridgehead atoms. The Kier molecular flexibility index (Phi) is 7.35. The fraction of sp³-hybridized carbons (Fsp3) is 0.250. The third kappa shape index (κ3) is 6.23. The summed E-state index contributed by atoms with van der Waals surface area (Å²) in [6.07, 6.45) is -3.73. The summed E-state index contributed by atoms with van der Waals surface area (Å²) in [7, 11) is 1.85. The smallest absolute Gasteiger partial charge is 0.416 e. The van der Waals surface area contributed by atoms with E-state index >= 15 is 0 Å². The quantitative estimate of drug-likeness (QED) is 0.488. The highest BCUT2D eigenvalue weighted by atomic mass is 19.4. The summed E-state index contributed by atoms with van der Waals surface area (Å²) in [5, 5.41) is 2.76. The van der Waals surface area contributed by atoms with Gasteiger partial charge in [0.1, 0.15) is 11.4 Å². The van der Waals surface area contributed by atoms with Gasteiger partial charge in [-0.05, 0) is 36.2 Å². The number of alkyl halides is 3. The van der Waals surface area contributed by atoms with E-state index < -0.39 is 11.7 Å². The number of amides is 1. The van der Waals surface area contributed by atoms with E-state index in [2.05, 4.69) is 10.3 Å². The van der Waals surface area contributed by atoms with Crippen LogP contribution in [0.1, 0.15) is 35.0 Å². The number of hydrogen-bond donors (Lipinski definition) is 1. The molecule has 0 saturated carbocycles. The molecule has 0 fully saturated rings. The highest BCUT2D eigenvalue weighted by Crippen LogP contribution is 2.33. The summed E-state index contributed by atoms with van der Waals surface area (Å²) in [5.74, 6) is -0.366. The molecule has 1 heterocycles. The van der Waals surface area contributed by atoms with Gasteiger partial charge in [0.05, 0.1) is 5.56 Å². The molecule has 168 valence electrons. The number of hydrogen-bond acceptors (Lipinski definition) is 4. The first-order valence-electron chi connectivity index (χ1n) is 10.2. The number of halogens is 3. The number of nitrogens with one attached hydrogen (secondary N) is 1. The maximum Gasteiger partial charge on any atom is 0.416 e. The third-order valence-electron chi connectivity index (χ3n) is 4.64. The van der Waals surface area contributed by atoms with Crippen LogP contribution in [0.4, 0.5) is 18.9 Å². The average Bonchev–Trinajstić information content (AvgIpc) is 2.77. The zero-order chi connectivity index (χ0) is 23.1. The van der Waals surface area contributed by atoms with Crippen molar-refractivity contribution in [2.24, 2.45) is 0 Å². The number of carbonyl (C=O) groups excluding carboxylic acids is 1. The highest BCUT2D eigenvalue weighted by Gasteiger charge is 2.30. The molecule has 5 nitrogen and oxygen atoms in total. The van der Waals surface area contributed by atoms with Crippen molar-refractivity contribution in [3.05, 3.63) is 83.6 Å². The maximum absolute atomic E-state index is 13.0. The zero-order valence-corrected chi connectivity index (χ0v) is 17.8. The van der Waals surface area contributed by atoms with Gasteiger partial charge in [0.15, 0.2) is 0 Å². The molecular weight excluding hydrogens is 419 g/mol. The fourth-order valence-electron chi connectivity index (χ4n) is 3.01. The molecule has 8 heteroatoms. The van der Waals surface area contributed by atoms with Crippen molar-refractivity contribution in [3.8, 4) is 11.6 Å². The van der Waals surface area contributed by atoms with E-state index in [1.807, 2.05) is 49.2 Å². The number of pyridine rings is 1. The first kappa shape index (κ1) is 23.1.